The molecule has 0 unspecified atom stereocenters. The van der Waals surface area contributed by atoms with Crippen molar-refractivity contribution in [3.8, 4) is 33.5 Å². The molecule has 1 fully saturated rings. The number of aromatic amines is 1. The van der Waals surface area contributed by atoms with Crippen LogP contribution in [0.25, 0.3) is 44.5 Å². The molecule has 42 heavy (non-hydrogen) atoms. The van der Waals surface area contributed by atoms with Crippen LogP contribution in [0.15, 0.2) is 73.7 Å². The molecule has 3 aromatic heterocycles. The first-order chi connectivity index (χ1) is 20.2. The van der Waals surface area contributed by atoms with Gasteiger partial charge < -0.3 is 20.1 Å². The highest BCUT2D eigenvalue weighted by molar-refractivity contribution is 6.07. The van der Waals surface area contributed by atoms with E-state index in [1.165, 1.54) is 11.8 Å². The number of piperazine rings is 1. The fraction of sp³-hybridized carbons (Fsp3) is 0.265. The topological polar surface area (TPSA) is 82.1 Å². The van der Waals surface area contributed by atoms with Gasteiger partial charge in [-0.05, 0) is 74.3 Å². The van der Waals surface area contributed by atoms with Crippen molar-refractivity contribution < 1.29 is 4.79 Å². The van der Waals surface area contributed by atoms with E-state index < -0.39 is 0 Å². The van der Waals surface area contributed by atoms with Crippen LogP contribution in [0.3, 0.4) is 0 Å². The number of pyridine rings is 1. The minimum atomic E-state index is -0.236. The Morgan fingerprint density at radius 2 is 1.81 bits per heavy atom. The van der Waals surface area contributed by atoms with E-state index in [-0.39, 0.29) is 5.91 Å². The summed E-state index contributed by atoms with van der Waals surface area (Å²) >= 11 is 0. The minimum absolute atomic E-state index is 0.236. The summed E-state index contributed by atoms with van der Waals surface area (Å²) in [6.07, 6.45) is 7.09. The number of amides is 1. The average Bonchev–Trinajstić information content (AvgIpc) is 3.60. The van der Waals surface area contributed by atoms with E-state index in [0.717, 1.165) is 81.0 Å². The summed E-state index contributed by atoms with van der Waals surface area (Å²) in [5.74, 6) is -0.236. The molecule has 4 heterocycles. The molecule has 0 saturated carbocycles. The molecule has 5 aromatic rings. The second-order valence-electron chi connectivity index (χ2n) is 11.3. The molecule has 214 valence electrons. The number of nitrogens with one attached hydrogen (secondary N) is 2. The summed E-state index contributed by atoms with van der Waals surface area (Å²) in [6.45, 7) is 13.1. The number of nitrogens with zero attached hydrogens (tertiary/aromatic N) is 5. The highest BCUT2D eigenvalue weighted by Gasteiger charge is 2.23. The Bertz CT molecular complexity index is 1800. The van der Waals surface area contributed by atoms with Crippen LogP contribution in [0.1, 0.15) is 18.1 Å². The first kappa shape index (κ1) is 27.5. The zero-order chi connectivity index (χ0) is 29.5. The van der Waals surface area contributed by atoms with Crippen LogP contribution in [-0.4, -0.2) is 63.3 Å². The van der Waals surface area contributed by atoms with Crippen LogP contribution >= 0.6 is 0 Å². The lowest BCUT2D eigenvalue weighted by atomic mass is 9.93. The molecule has 0 bridgehead atoms. The fourth-order valence-corrected chi connectivity index (χ4v) is 5.88. The van der Waals surface area contributed by atoms with Gasteiger partial charge in [0.05, 0.1) is 11.9 Å². The van der Waals surface area contributed by atoms with Gasteiger partial charge in [0, 0.05) is 78.6 Å². The maximum atomic E-state index is 12.2. The van der Waals surface area contributed by atoms with E-state index in [9.17, 15) is 4.79 Å². The molecular weight excluding hydrogens is 522 g/mol. The summed E-state index contributed by atoms with van der Waals surface area (Å²) in [4.78, 5) is 25.6. The number of hydrogen-bond acceptors (Lipinski definition) is 5. The van der Waals surface area contributed by atoms with Crippen molar-refractivity contribution in [3.05, 3.63) is 84.8 Å². The largest absolute Gasteiger partial charge is 0.369 e. The third kappa shape index (κ3) is 4.99. The van der Waals surface area contributed by atoms with Gasteiger partial charge in [0.15, 0.2) is 0 Å². The van der Waals surface area contributed by atoms with Gasteiger partial charge in [-0.1, -0.05) is 30.8 Å². The highest BCUT2D eigenvalue weighted by Crippen LogP contribution is 2.42. The van der Waals surface area contributed by atoms with Gasteiger partial charge in [0.1, 0.15) is 5.65 Å². The third-order valence-electron chi connectivity index (χ3n) is 8.55. The Morgan fingerprint density at radius 3 is 2.50 bits per heavy atom. The zero-order valence-corrected chi connectivity index (χ0v) is 24.9. The smallest absolute Gasteiger partial charge is 0.247 e. The van der Waals surface area contributed by atoms with Gasteiger partial charge in [-0.15, -0.1) is 0 Å². The third-order valence-corrected chi connectivity index (χ3v) is 8.55. The standard InChI is InChI=1S/C34H37N7O/c1-7-30(42)37-29-16-25(9-8-21(29)2)32-31-23(4)28(26-17-36-40(6)20-26)18-35-34(31)38-33(32)24-10-12-27(13-11-24)41-15-14-39(5)22(3)19-41/h7-13,16-18,20,22H,1,14-15,19H2,2-6H3,(H,35,38)(H,37,42)/t22-/m0/s1. The highest BCUT2D eigenvalue weighted by atomic mass is 16.1. The molecule has 6 rings (SSSR count). The van der Waals surface area contributed by atoms with Crippen molar-refractivity contribution in [2.75, 3.05) is 36.9 Å². The lowest BCUT2D eigenvalue weighted by molar-refractivity contribution is -0.111. The number of hydrogen-bond donors (Lipinski definition) is 2. The molecule has 0 aliphatic carbocycles. The minimum Gasteiger partial charge on any atom is -0.369 e. The zero-order valence-electron chi connectivity index (χ0n) is 24.9. The maximum Gasteiger partial charge on any atom is 0.247 e. The van der Waals surface area contributed by atoms with Gasteiger partial charge in [-0.3, -0.25) is 9.48 Å². The Labute approximate surface area is 246 Å². The number of carbonyl (C=O) groups excluding carboxylic acids is 1. The monoisotopic (exact) mass is 559 g/mol. The predicted octanol–water partition coefficient (Wildman–Crippen LogP) is 6.18. The van der Waals surface area contributed by atoms with Gasteiger partial charge in [-0.2, -0.15) is 5.10 Å². The number of aromatic nitrogens is 4. The van der Waals surface area contributed by atoms with Gasteiger partial charge >= 0.3 is 0 Å². The van der Waals surface area contributed by atoms with E-state index >= 15 is 0 Å². The SMILES string of the molecule is C=CC(=O)Nc1cc(-c2c(-c3ccc(N4CCN(C)[C@@H](C)C4)cc3)[nH]c3ncc(-c4cnn(C)c4)c(C)c23)ccc1C. The number of benzene rings is 2. The van der Waals surface area contributed by atoms with Crippen molar-refractivity contribution >= 4 is 28.3 Å². The Balaban J connectivity index is 1.51. The van der Waals surface area contributed by atoms with Gasteiger partial charge in [0.25, 0.3) is 0 Å². The quantitative estimate of drug-likeness (QED) is 0.243. The van der Waals surface area contributed by atoms with Crippen LogP contribution in [0.4, 0.5) is 11.4 Å². The second-order valence-corrected chi connectivity index (χ2v) is 11.3. The molecule has 8 nitrogen and oxygen atoms in total. The van der Waals surface area contributed by atoms with E-state index in [2.05, 4.69) is 83.0 Å². The van der Waals surface area contributed by atoms with Crippen LogP contribution < -0.4 is 10.2 Å². The Hall–Kier alpha value is -4.69. The van der Waals surface area contributed by atoms with Crippen molar-refractivity contribution in [3.63, 3.8) is 0 Å². The second kappa shape index (κ2) is 10.9. The number of aryl methyl sites for hydroxylation is 3. The number of fused-ring (bicyclic) bond motifs is 1. The molecule has 1 aliphatic rings. The van der Waals surface area contributed by atoms with Crippen molar-refractivity contribution in [2.45, 2.75) is 26.8 Å². The van der Waals surface area contributed by atoms with E-state index in [4.69, 9.17) is 4.98 Å². The normalized spacial score (nSPS) is 15.7. The van der Waals surface area contributed by atoms with Crippen LogP contribution in [0.2, 0.25) is 0 Å². The summed E-state index contributed by atoms with van der Waals surface area (Å²) in [7, 11) is 4.11. The lowest BCUT2D eigenvalue weighted by Gasteiger charge is -2.39. The molecule has 8 heteroatoms. The molecule has 2 N–H and O–H groups in total. The van der Waals surface area contributed by atoms with Crippen LogP contribution in [0, 0.1) is 13.8 Å². The van der Waals surface area contributed by atoms with E-state index in [1.54, 1.807) is 4.68 Å². The van der Waals surface area contributed by atoms with E-state index in [1.807, 2.05) is 44.7 Å². The number of carbonyl (C=O) groups is 1. The summed E-state index contributed by atoms with van der Waals surface area (Å²) in [5, 5.41) is 8.41. The number of H-pyrrole nitrogens is 1. The summed E-state index contributed by atoms with van der Waals surface area (Å²) in [5.41, 5.74) is 11.1. The summed E-state index contributed by atoms with van der Waals surface area (Å²) in [6, 6.07) is 15.5. The van der Waals surface area contributed by atoms with Crippen LogP contribution in [-0.2, 0) is 11.8 Å². The van der Waals surface area contributed by atoms with Crippen molar-refractivity contribution in [2.24, 2.45) is 7.05 Å². The Kier molecular flexibility index (Phi) is 7.16. The molecule has 0 spiro atoms. The fourth-order valence-electron chi connectivity index (χ4n) is 5.88. The summed E-state index contributed by atoms with van der Waals surface area (Å²) < 4.78 is 1.81. The number of anilines is 2. The van der Waals surface area contributed by atoms with Crippen molar-refractivity contribution in [1.29, 1.82) is 0 Å². The average molecular weight is 560 g/mol. The number of likely N-dealkylation sites (N-methyl/N-ethyl adjacent to an activating group) is 1. The van der Waals surface area contributed by atoms with Crippen molar-refractivity contribution in [1.82, 2.24) is 24.6 Å². The Morgan fingerprint density at radius 1 is 1.05 bits per heavy atom. The molecule has 0 radical (unpaired) electrons. The predicted molar refractivity (Wildman–Crippen MR) is 172 cm³/mol. The van der Waals surface area contributed by atoms with Gasteiger partial charge in [0.2, 0.25) is 5.91 Å². The maximum absolute atomic E-state index is 12.2. The molecule has 1 atom stereocenters. The lowest BCUT2D eigenvalue weighted by Crippen LogP contribution is -2.50. The molecule has 1 amide bonds. The first-order valence-electron chi connectivity index (χ1n) is 14.3. The number of rotatable bonds is 6. The molecular formula is C34H37N7O. The van der Waals surface area contributed by atoms with Gasteiger partial charge in [-0.25, -0.2) is 4.98 Å². The molecule has 1 saturated heterocycles. The molecule has 1 aliphatic heterocycles. The molecule has 2 aromatic carbocycles. The first-order valence-corrected chi connectivity index (χ1v) is 14.3. The van der Waals surface area contributed by atoms with E-state index in [0.29, 0.717) is 6.04 Å². The van der Waals surface area contributed by atoms with Crippen LogP contribution in [0.5, 0.6) is 0 Å².